The summed E-state index contributed by atoms with van der Waals surface area (Å²) in [5, 5.41) is 91.0. The first-order chi connectivity index (χ1) is 25.5. The molecule has 3 radical (unpaired) electrons. The maximum Gasteiger partial charge on any atom is 0.172 e. The van der Waals surface area contributed by atoms with Crippen LogP contribution in [0, 0.1) is 189 Å². The summed E-state index contributed by atoms with van der Waals surface area (Å²) in [4.78, 5) is 27.5. The first-order valence-electron chi connectivity index (χ1n) is 20.8. The molecule has 325 valence electrons. The third-order valence-corrected chi connectivity index (χ3v) is 18.7. The molecule has 0 amide bonds. The molecule has 0 aromatic rings. The predicted molar refractivity (Wildman–Crippen MR) is 205 cm³/mol. The normalized spacial score (nSPS) is 52.7. The minimum absolute atomic E-state index is 0. The maximum absolute atomic E-state index is 13.8. The molecule has 0 spiro atoms. The van der Waals surface area contributed by atoms with Crippen molar-refractivity contribution in [1.82, 2.24) is 0 Å². The van der Waals surface area contributed by atoms with Crippen molar-refractivity contribution in [3.05, 3.63) is 22.3 Å². The van der Waals surface area contributed by atoms with Gasteiger partial charge >= 0.3 is 0 Å². The summed E-state index contributed by atoms with van der Waals surface area (Å²) in [6.45, 7) is 22.4. The number of fused-ring (bicyclic) bond motifs is 10. The maximum atomic E-state index is 13.8. The average Bonchev–Trinajstić information content (AvgIpc) is 3.10. The summed E-state index contributed by atoms with van der Waals surface area (Å²) in [7, 11) is 0. The minimum atomic E-state index is -1.42. The van der Waals surface area contributed by atoms with Crippen LogP contribution in [0.2, 0.25) is 0 Å². The van der Waals surface area contributed by atoms with E-state index in [-0.39, 0.29) is 194 Å². The average molecular weight is 1470 g/mol. The molecule has 12 nitrogen and oxygen atoms in total. The van der Waals surface area contributed by atoms with Crippen molar-refractivity contribution in [1.29, 1.82) is 0 Å². The van der Waals surface area contributed by atoms with E-state index in [1.807, 2.05) is 69.2 Å². The molecule has 2 aliphatic heterocycles. The van der Waals surface area contributed by atoms with Crippen LogP contribution in [0.4, 0.5) is 0 Å². The van der Waals surface area contributed by atoms with E-state index < -0.39 is 92.2 Å². The summed E-state index contributed by atoms with van der Waals surface area (Å²) in [6.07, 6.45) is -4.15. The number of aliphatic hydroxyl groups is 8. The Morgan fingerprint density at radius 1 is 0.542 bits per heavy atom. The first-order valence-corrected chi connectivity index (χ1v) is 20.8. The zero-order valence-electron chi connectivity index (χ0n) is 37.1. The molecule has 6 fully saturated rings. The van der Waals surface area contributed by atoms with E-state index in [1.54, 1.807) is 13.8 Å². The van der Waals surface area contributed by atoms with Crippen molar-refractivity contribution in [3.63, 3.8) is 0 Å². The van der Waals surface area contributed by atoms with Crippen molar-refractivity contribution in [2.24, 2.45) is 57.2 Å². The van der Waals surface area contributed by atoms with Crippen LogP contribution in [-0.4, -0.2) is 125 Å². The molecule has 4 bridgehead atoms. The summed E-state index contributed by atoms with van der Waals surface area (Å²) in [5.74, 6) is -3.03. The van der Waals surface area contributed by atoms with Gasteiger partial charge in [-0.3, -0.25) is 9.59 Å². The summed E-state index contributed by atoms with van der Waals surface area (Å²) in [5.41, 5.74) is -7.10. The SMILES string of the molecule is CC1=C2C(O)C(=O)[C@@]3(C)C([C@H](C)C(O)(CC1O)C2(C)C)[C@]1(O)COC1C[C@@H]3C.CC1=C2C(O)C(=O)[C@@]3(C)C([C@H](C)C(O)(CC1O)C2(C)C)[C@]1(O)COC1C[C@@H]3C.[Ac].[Ac].[Ac]. The quantitative estimate of drug-likeness (QED) is 0.164. The minimum Gasteiger partial charge on any atom is -0.389 e. The molecule has 8 rings (SSSR count). The summed E-state index contributed by atoms with van der Waals surface area (Å²) >= 11 is 0. The molecule has 2 saturated heterocycles. The number of carbonyl (C=O) groups is 2. The van der Waals surface area contributed by atoms with Gasteiger partial charge < -0.3 is 50.3 Å². The zero-order valence-corrected chi connectivity index (χ0v) is 51.4. The van der Waals surface area contributed by atoms with Gasteiger partial charge in [0.25, 0.3) is 0 Å². The fraction of sp³-hybridized carbons (Fsp3) is 0.864. The number of ether oxygens (including phenoxy) is 2. The molecule has 8 N–H and O–H groups in total. The Balaban J connectivity index is 0.000000248. The second-order valence-electron chi connectivity index (χ2n) is 21.2. The van der Waals surface area contributed by atoms with E-state index in [1.165, 1.54) is 0 Å². The van der Waals surface area contributed by atoms with Gasteiger partial charge in [-0.1, -0.05) is 69.2 Å². The van der Waals surface area contributed by atoms with Gasteiger partial charge in [0.15, 0.2) is 11.6 Å². The first kappa shape index (κ1) is 54.4. The van der Waals surface area contributed by atoms with Gasteiger partial charge in [0.1, 0.15) is 23.4 Å². The molecule has 59 heavy (non-hydrogen) atoms. The van der Waals surface area contributed by atoms with E-state index in [0.717, 1.165) is 0 Å². The molecular formula is C44H68Ac3O12. The van der Waals surface area contributed by atoms with E-state index in [0.29, 0.717) is 35.1 Å². The fourth-order valence-corrected chi connectivity index (χ4v) is 14.6. The topological polar surface area (TPSA) is 214 Å². The van der Waals surface area contributed by atoms with Crippen LogP contribution < -0.4 is 0 Å². The largest absolute Gasteiger partial charge is 0.389 e. The Hall–Kier alpha value is 2.74. The number of Topliss-reactive ketones (excluding diaryl/α,β-unsaturated/α-hetero) is 2. The van der Waals surface area contributed by atoms with Gasteiger partial charge in [-0.15, -0.1) is 0 Å². The van der Waals surface area contributed by atoms with Gasteiger partial charge in [-0.05, 0) is 72.7 Å². The second kappa shape index (κ2) is 17.1. The number of carbonyl (C=O) groups excluding carboxylic acids is 2. The smallest absolute Gasteiger partial charge is 0.172 e. The molecular weight excluding hydrogens is 1400 g/mol. The Morgan fingerprint density at radius 2 is 0.831 bits per heavy atom. The molecule has 8 aliphatic rings. The standard InChI is InChI=1S/2C22H34O6.3Ac/c2*1-10-7-14-21(26,9-28-14)17-12(3)22(27)8-13(23)11(2)15(19(22,4)5)16(24)18(25)20(10,17)6;;;/h2*10,12-14,16-17,23-24,26-27H,7-9H2,1-6H3;;;/t2*10-,12-,13?,14?,16?,17?,20+,21-,22?;;;/m00.../s1. The fourth-order valence-electron chi connectivity index (χ4n) is 14.6. The number of rotatable bonds is 0. The van der Waals surface area contributed by atoms with Crippen molar-refractivity contribution in [2.45, 2.75) is 168 Å². The molecule has 18 atom stereocenters. The van der Waals surface area contributed by atoms with E-state index in [4.69, 9.17) is 9.47 Å². The Morgan fingerprint density at radius 3 is 1.08 bits per heavy atom. The number of hydrogen-bond acceptors (Lipinski definition) is 12. The summed E-state index contributed by atoms with van der Waals surface area (Å²) in [6, 6.07) is 0. The molecule has 6 aliphatic carbocycles. The van der Waals surface area contributed by atoms with Crippen LogP contribution >= 0.6 is 0 Å². The molecule has 0 aromatic heterocycles. The van der Waals surface area contributed by atoms with Crippen molar-refractivity contribution >= 4 is 11.6 Å². The van der Waals surface area contributed by atoms with Crippen molar-refractivity contribution in [3.8, 4) is 0 Å². The van der Waals surface area contributed by atoms with Crippen LogP contribution in [0.15, 0.2) is 22.3 Å². The molecule has 4 saturated carbocycles. The Kier molecular flexibility index (Phi) is 15.7. The van der Waals surface area contributed by atoms with Gasteiger partial charge in [0.2, 0.25) is 0 Å². The predicted octanol–water partition coefficient (Wildman–Crippen LogP) is 2.39. The van der Waals surface area contributed by atoms with E-state index in [9.17, 15) is 50.4 Å². The van der Waals surface area contributed by atoms with Crippen LogP contribution in [0.25, 0.3) is 0 Å². The Labute approximate surface area is 457 Å². The third-order valence-electron chi connectivity index (χ3n) is 18.7. The second-order valence-corrected chi connectivity index (χ2v) is 21.2. The van der Waals surface area contributed by atoms with Crippen molar-refractivity contribution in [2.75, 3.05) is 13.2 Å². The van der Waals surface area contributed by atoms with E-state index in [2.05, 4.69) is 0 Å². The molecule has 0 aromatic carbocycles. The third kappa shape index (κ3) is 6.86. The summed E-state index contributed by atoms with van der Waals surface area (Å²) < 4.78 is 11.3. The number of hydrogen-bond donors (Lipinski definition) is 8. The molecule has 15 heteroatoms. The van der Waals surface area contributed by atoms with Gasteiger partial charge in [0.05, 0.1) is 48.8 Å². The van der Waals surface area contributed by atoms with Crippen LogP contribution in [0.5, 0.6) is 0 Å². The molecule has 10 unspecified atom stereocenters. The zero-order chi connectivity index (χ0) is 42.0. The number of aliphatic hydroxyl groups excluding tert-OH is 4. The van der Waals surface area contributed by atoms with Crippen LogP contribution in [-0.2, 0) is 19.1 Å². The van der Waals surface area contributed by atoms with Crippen molar-refractivity contribution < 1.29 is 192 Å². The van der Waals surface area contributed by atoms with Gasteiger partial charge in [0, 0.05) is 179 Å². The van der Waals surface area contributed by atoms with Crippen LogP contribution in [0.1, 0.15) is 109 Å². The Bertz CT molecular complexity index is 1660. The van der Waals surface area contributed by atoms with Gasteiger partial charge in [-0.2, -0.15) is 0 Å². The number of ketones is 2. The van der Waals surface area contributed by atoms with Gasteiger partial charge in [-0.25, -0.2) is 0 Å². The monoisotopic (exact) mass is 1470 g/mol. The molecule has 2 heterocycles. The van der Waals surface area contributed by atoms with Crippen LogP contribution in [0.3, 0.4) is 0 Å². The van der Waals surface area contributed by atoms with E-state index >= 15 is 0 Å².